The van der Waals surface area contributed by atoms with Crippen LogP contribution in [0.25, 0.3) is 10.9 Å². The minimum atomic E-state index is -0.0301. The van der Waals surface area contributed by atoms with Gasteiger partial charge in [0.05, 0.1) is 25.5 Å². The molecule has 1 aromatic heterocycles. The second kappa shape index (κ2) is 9.34. The van der Waals surface area contributed by atoms with Gasteiger partial charge in [-0.25, -0.2) is 4.98 Å². The number of thioether (sulfide) groups is 1. The molecule has 2 heterocycles. The molecule has 1 N–H and O–H groups in total. The van der Waals surface area contributed by atoms with Crippen LogP contribution < -0.4 is 24.3 Å². The van der Waals surface area contributed by atoms with Crippen molar-refractivity contribution in [3.63, 3.8) is 0 Å². The van der Waals surface area contributed by atoms with Gasteiger partial charge in [0.2, 0.25) is 12.7 Å². The molecule has 0 saturated carbocycles. The van der Waals surface area contributed by atoms with E-state index in [1.54, 1.807) is 14.2 Å². The van der Waals surface area contributed by atoms with Crippen molar-refractivity contribution in [2.75, 3.05) is 33.3 Å². The fourth-order valence-electron chi connectivity index (χ4n) is 3.37. The number of methoxy groups -OCH3 is 2. The van der Waals surface area contributed by atoms with E-state index in [-0.39, 0.29) is 12.7 Å². The predicted octanol–water partition coefficient (Wildman–Crippen LogP) is 3.74. The van der Waals surface area contributed by atoms with E-state index < -0.39 is 0 Å². The first kappa shape index (κ1) is 21.1. The Morgan fingerprint density at radius 2 is 1.87 bits per heavy atom. The summed E-state index contributed by atoms with van der Waals surface area (Å²) in [7, 11) is 3.22. The van der Waals surface area contributed by atoms with E-state index >= 15 is 0 Å². The monoisotopic (exact) mass is 440 g/mol. The lowest BCUT2D eigenvalue weighted by atomic mass is 10.1. The van der Waals surface area contributed by atoms with E-state index in [0.29, 0.717) is 36.0 Å². The van der Waals surface area contributed by atoms with Gasteiger partial charge in [-0.05, 0) is 48.7 Å². The topological polar surface area (TPSA) is 78.9 Å². The van der Waals surface area contributed by atoms with Crippen molar-refractivity contribution >= 4 is 28.6 Å². The van der Waals surface area contributed by atoms with E-state index in [1.807, 2.05) is 37.3 Å². The molecule has 1 aliphatic rings. The number of pyridine rings is 1. The van der Waals surface area contributed by atoms with Gasteiger partial charge in [-0.15, -0.1) is 0 Å². The fraction of sp³-hybridized carbons (Fsp3) is 0.304. The maximum absolute atomic E-state index is 12.3. The molecular weight excluding hydrogens is 416 g/mol. The zero-order valence-corrected chi connectivity index (χ0v) is 18.5. The Hall–Kier alpha value is -3.13. The predicted molar refractivity (Wildman–Crippen MR) is 120 cm³/mol. The van der Waals surface area contributed by atoms with Gasteiger partial charge in [0, 0.05) is 18.0 Å². The summed E-state index contributed by atoms with van der Waals surface area (Å²) in [5, 5.41) is 4.79. The number of aryl methyl sites for hydroxylation is 1. The molecule has 0 saturated heterocycles. The van der Waals surface area contributed by atoms with Gasteiger partial charge >= 0.3 is 0 Å². The lowest BCUT2D eigenvalue weighted by Crippen LogP contribution is -2.27. The van der Waals surface area contributed by atoms with Crippen LogP contribution in [-0.2, 0) is 11.2 Å². The molecule has 7 nitrogen and oxygen atoms in total. The van der Waals surface area contributed by atoms with Crippen molar-refractivity contribution in [1.82, 2.24) is 10.3 Å². The van der Waals surface area contributed by atoms with Gasteiger partial charge in [0.15, 0.2) is 23.0 Å². The van der Waals surface area contributed by atoms with Crippen LogP contribution in [0.15, 0.2) is 41.4 Å². The van der Waals surface area contributed by atoms with Crippen molar-refractivity contribution in [3.05, 3.63) is 47.5 Å². The molecule has 1 aliphatic heterocycles. The number of benzene rings is 2. The van der Waals surface area contributed by atoms with Gasteiger partial charge in [0.1, 0.15) is 5.03 Å². The third-order valence-corrected chi connectivity index (χ3v) is 6.07. The molecule has 8 heteroatoms. The Morgan fingerprint density at radius 3 is 2.65 bits per heavy atom. The van der Waals surface area contributed by atoms with Crippen LogP contribution in [0, 0.1) is 6.92 Å². The zero-order chi connectivity index (χ0) is 21.8. The summed E-state index contributed by atoms with van der Waals surface area (Å²) in [5.41, 5.74) is 2.91. The second-order valence-corrected chi connectivity index (χ2v) is 8.05. The molecule has 0 bridgehead atoms. The van der Waals surface area contributed by atoms with E-state index in [9.17, 15) is 4.79 Å². The average Bonchev–Trinajstić information content (AvgIpc) is 3.23. The number of hydrogen-bond acceptors (Lipinski definition) is 7. The van der Waals surface area contributed by atoms with Gasteiger partial charge in [0.25, 0.3) is 0 Å². The Morgan fingerprint density at radius 1 is 1.10 bits per heavy atom. The number of rotatable bonds is 8. The van der Waals surface area contributed by atoms with Crippen molar-refractivity contribution in [1.29, 1.82) is 0 Å². The van der Waals surface area contributed by atoms with Crippen LogP contribution in [0.4, 0.5) is 0 Å². The van der Waals surface area contributed by atoms with Gasteiger partial charge < -0.3 is 24.3 Å². The van der Waals surface area contributed by atoms with Crippen LogP contribution in [0.3, 0.4) is 0 Å². The molecule has 0 fully saturated rings. The summed E-state index contributed by atoms with van der Waals surface area (Å²) >= 11 is 1.43. The third kappa shape index (κ3) is 4.80. The zero-order valence-electron chi connectivity index (χ0n) is 17.7. The molecule has 0 radical (unpaired) electrons. The maximum atomic E-state index is 12.3. The summed E-state index contributed by atoms with van der Waals surface area (Å²) in [5.74, 6) is 3.08. The molecule has 162 valence electrons. The summed E-state index contributed by atoms with van der Waals surface area (Å²) in [6, 6.07) is 11.6. The minimum absolute atomic E-state index is 0.0301. The highest BCUT2D eigenvalue weighted by molar-refractivity contribution is 7.99. The number of ether oxygens (including phenoxy) is 4. The van der Waals surface area contributed by atoms with Crippen molar-refractivity contribution < 1.29 is 23.7 Å². The number of carbonyl (C=O) groups is 1. The minimum Gasteiger partial charge on any atom is -0.493 e. The quantitative estimate of drug-likeness (QED) is 0.535. The van der Waals surface area contributed by atoms with Crippen molar-refractivity contribution in [2.45, 2.75) is 18.4 Å². The summed E-state index contributed by atoms with van der Waals surface area (Å²) in [6.07, 6.45) is 0.706. The van der Waals surface area contributed by atoms with Crippen LogP contribution in [-0.4, -0.2) is 44.2 Å². The molecular formula is C23H24N2O5S. The summed E-state index contributed by atoms with van der Waals surface area (Å²) in [4.78, 5) is 17.0. The first-order valence-corrected chi connectivity index (χ1v) is 10.9. The average molecular weight is 441 g/mol. The highest BCUT2D eigenvalue weighted by atomic mass is 32.2. The third-order valence-electron chi connectivity index (χ3n) is 4.98. The molecule has 31 heavy (non-hydrogen) atoms. The molecule has 4 rings (SSSR count). The first-order chi connectivity index (χ1) is 15.1. The number of aromatic nitrogens is 1. The maximum Gasteiger partial charge on any atom is 0.231 e. The van der Waals surface area contributed by atoms with E-state index in [0.717, 1.165) is 32.8 Å². The lowest BCUT2D eigenvalue weighted by Gasteiger charge is -2.10. The number of fused-ring (bicyclic) bond motifs is 2. The normalized spacial score (nSPS) is 12.1. The fourth-order valence-corrected chi connectivity index (χ4v) is 4.18. The SMILES string of the molecule is COc1ccc(CCNC(=O)CSc2nc3cc4c(cc3cc2C)OCO4)cc1OC. The second-order valence-electron chi connectivity index (χ2n) is 7.09. The van der Waals surface area contributed by atoms with Gasteiger partial charge in [-0.3, -0.25) is 4.79 Å². The number of hydrogen-bond donors (Lipinski definition) is 1. The number of nitrogens with one attached hydrogen (secondary N) is 1. The standard InChI is InChI=1S/C23H24N2O5S/c1-14-8-16-10-20-21(30-13-29-20)11-17(16)25-23(14)31-12-22(26)24-7-6-15-4-5-18(27-2)19(9-15)28-3/h4-5,8-11H,6-7,12-13H2,1-3H3,(H,24,26). The van der Waals surface area contributed by atoms with E-state index in [4.69, 9.17) is 23.9 Å². The van der Waals surface area contributed by atoms with E-state index in [2.05, 4.69) is 11.4 Å². The Labute approximate surface area is 185 Å². The van der Waals surface area contributed by atoms with Crippen molar-refractivity contribution in [2.24, 2.45) is 0 Å². The van der Waals surface area contributed by atoms with E-state index in [1.165, 1.54) is 11.8 Å². The van der Waals surface area contributed by atoms with Crippen molar-refractivity contribution in [3.8, 4) is 23.0 Å². The molecule has 3 aromatic rings. The highest BCUT2D eigenvalue weighted by Gasteiger charge is 2.16. The highest BCUT2D eigenvalue weighted by Crippen LogP contribution is 2.36. The smallest absolute Gasteiger partial charge is 0.231 e. The summed E-state index contributed by atoms with van der Waals surface area (Å²) in [6.45, 7) is 2.77. The van der Waals surface area contributed by atoms with Crippen LogP contribution in [0.1, 0.15) is 11.1 Å². The summed E-state index contributed by atoms with van der Waals surface area (Å²) < 4.78 is 21.4. The number of nitrogens with zero attached hydrogens (tertiary/aromatic N) is 1. The number of amides is 1. The Bertz CT molecular complexity index is 1120. The molecule has 0 aliphatic carbocycles. The number of carbonyl (C=O) groups excluding carboxylic acids is 1. The molecule has 0 unspecified atom stereocenters. The van der Waals surface area contributed by atoms with Gasteiger partial charge in [-0.1, -0.05) is 17.8 Å². The Balaban J connectivity index is 1.32. The van der Waals surface area contributed by atoms with Crippen LogP contribution in [0.2, 0.25) is 0 Å². The molecule has 1 amide bonds. The molecule has 0 atom stereocenters. The largest absolute Gasteiger partial charge is 0.493 e. The van der Waals surface area contributed by atoms with Crippen LogP contribution in [0.5, 0.6) is 23.0 Å². The molecule has 2 aromatic carbocycles. The molecule has 0 spiro atoms. The van der Waals surface area contributed by atoms with Gasteiger partial charge in [-0.2, -0.15) is 0 Å². The first-order valence-electron chi connectivity index (χ1n) is 9.89. The van der Waals surface area contributed by atoms with Crippen LogP contribution >= 0.6 is 11.8 Å². The lowest BCUT2D eigenvalue weighted by molar-refractivity contribution is -0.118. The Kier molecular flexibility index (Phi) is 6.36.